The number of amides is 1. The number of rotatable bonds is 7. The van der Waals surface area contributed by atoms with Gasteiger partial charge in [0.25, 0.3) is 5.91 Å². The van der Waals surface area contributed by atoms with Crippen molar-refractivity contribution < 1.29 is 19.1 Å². The van der Waals surface area contributed by atoms with Crippen LogP contribution in [0.15, 0.2) is 30.5 Å². The number of hydrogen-bond donors (Lipinski definition) is 1. The highest BCUT2D eigenvalue weighted by Crippen LogP contribution is 2.23. The van der Waals surface area contributed by atoms with E-state index in [-0.39, 0.29) is 12.5 Å². The maximum absolute atomic E-state index is 12.5. The number of nitrogens with zero attached hydrogens (tertiary/aromatic N) is 1. The molecule has 1 aromatic heterocycles. The fraction of sp³-hybridized carbons (Fsp3) is 0.421. The molecule has 7 heteroatoms. The summed E-state index contributed by atoms with van der Waals surface area (Å²) >= 11 is 5.65. The molecular weight excluding hydrogens is 356 g/mol. The van der Waals surface area contributed by atoms with E-state index >= 15 is 0 Å². The van der Waals surface area contributed by atoms with Crippen LogP contribution in [0.1, 0.15) is 37.6 Å². The van der Waals surface area contributed by atoms with Crippen molar-refractivity contribution >= 4 is 34.4 Å². The lowest BCUT2D eigenvalue weighted by molar-refractivity contribution is -0.153. The minimum atomic E-state index is -0.597. The average molecular weight is 379 g/mol. The summed E-state index contributed by atoms with van der Waals surface area (Å²) in [6.07, 6.45) is 2.29. The Bertz CT molecular complexity index is 787. The van der Waals surface area contributed by atoms with Gasteiger partial charge in [0.15, 0.2) is 0 Å². The molecule has 1 heterocycles. The second kappa shape index (κ2) is 8.85. The molecular formula is C19H23ClN2O4. The molecule has 0 bridgehead atoms. The summed E-state index contributed by atoms with van der Waals surface area (Å²) < 4.78 is 10.8. The summed E-state index contributed by atoms with van der Waals surface area (Å²) in [6.45, 7) is 5.61. The van der Waals surface area contributed by atoms with E-state index in [0.717, 1.165) is 6.42 Å². The molecule has 0 spiro atoms. The molecule has 0 radical (unpaired) electrons. The molecule has 0 aliphatic heterocycles. The Balaban J connectivity index is 2.13. The summed E-state index contributed by atoms with van der Waals surface area (Å²) in [5, 5.41) is 3.24. The van der Waals surface area contributed by atoms with Crippen molar-refractivity contribution in [3.63, 3.8) is 0 Å². The Morgan fingerprint density at radius 3 is 2.69 bits per heavy atom. The second-order valence-electron chi connectivity index (χ2n) is 6.70. The third-order valence-electron chi connectivity index (χ3n) is 3.32. The van der Waals surface area contributed by atoms with Gasteiger partial charge in [-0.05, 0) is 51.5 Å². The first-order valence-corrected chi connectivity index (χ1v) is 8.91. The number of carbonyl (C=O) groups excluding carboxylic acids is 2. The van der Waals surface area contributed by atoms with Gasteiger partial charge < -0.3 is 14.8 Å². The Kier molecular flexibility index (Phi) is 6.80. The standard InChI is InChI=1S/C19H23ClN2O4/c1-19(2,3)26-17(23)12-22-18(24)14-7-9-21-16-6-5-13(11-15(14)16)25-10-4-8-20/h5-7,9,11H,4,8,10,12H2,1-3H3,(H,22,24). The van der Waals surface area contributed by atoms with Gasteiger partial charge in [0.1, 0.15) is 17.9 Å². The fourth-order valence-corrected chi connectivity index (χ4v) is 2.39. The molecule has 6 nitrogen and oxygen atoms in total. The van der Waals surface area contributed by atoms with E-state index < -0.39 is 11.6 Å². The van der Waals surface area contributed by atoms with Gasteiger partial charge in [-0.2, -0.15) is 0 Å². The maximum atomic E-state index is 12.5. The van der Waals surface area contributed by atoms with Gasteiger partial charge in [-0.3, -0.25) is 14.6 Å². The lowest BCUT2D eigenvalue weighted by Gasteiger charge is -2.19. The monoisotopic (exact) mass is 378 g/mol. The Labute approximate surface area is 157 Å². The van der Waals surface area contributed by atoms with Crippen LogP contribution in [-0.4, -0.2) is 41.5 Å². The summed E-state index contributed by atoms with van der Waals surface area (Å²) in [5.41, 5.74) is 0.487. The Hall–Kier alpha value is -2.34. The SMILES string of the molecule is CC(C)(C)OC(=O)CNC(=O)c1ccnc2ccc(OCCCCl)cc12. The van der Waals surface area contributed by atoms with Gasteiger partial charge in [0.2, 0.25) is 0 Å². The van der Waals surface area contributed by atoms with E-state index in [9.17, 15) is 9.59 Å². The molecule has 0 saturated heterocycles. The van der Waals surface area contributed by atoms with E-state index in [1.165, 1.54) is 0 Å². The zero-order chi connectivity index (χ0) is 19.2. The average Bonchev–Trinajstić information content (AvgIpc) is 2.58. The van der Waals surface area contributed by atoms with Crippen molar-refractivity contribution in [3.8, 4) is 5.75 Å². The highest BCUT2D eigenvalue weighted by molar-refractivity contribution is 6.17. The Morgan fingerprint density at radius 2 is 2.00 bits per heavy atom. The molecule has 0 unspecified atom stereocenters. The van der Waals surface area contributed by atoms with E-state index in [4.69, 9.17) is 21.1 Å². The van der Waals surface area contributed by atoms with Crippen molar-refractivity contribution in [2.45, 2.75) is 32.8 Å². The zero-order valence-corrected chi connectivity index (χ0v) is 15.9. The quantitative estimate of drug-likeness (QED) is 0.454. The normalized spacial score (nSPS) is 11.2. The van der Waals surface area contributed by atoms with Crippen molar-refractivity contribution in [1.82, 2.24) is 10.3 Å². The van der Waals surface area contributed by atoms with Crippen LogP contribution in [0.2, 0.25) is 0 Å². The number of benzene rings is 1. The number of nitrogens with one attached hydrogen (secondary N) is 1. The summed E-state index contributed by atoms with van der Waals surface area (Å²) in [4.78, 5) is 28.5. The van der Waals surface area contributed by atoms with Crippen LogP contribution in [0.4, 0.5) is 0 Å². The molecule has 0 aliphatic carbocycles. The lowest BCUT2D eigenvalue weighted by atomic mass is 10.1. The Morgan fingerprint density at radius 1 is 1.23 bits per heavy atom. The zero-order valence-electron chi connectivity index (χ0n) is 15.2. The van der Waals surface area contributed by atoms with E-state index in [2.05, 4.69) is 10.3 Å². The van der Waals surface area contributed by atoms with Crippen LogP contribution in [0, 0.1) is 0 Å². The van der Waals surface area contributed by atoms with Crippen molar-refractivity contribution in [2.75, 3.05) is 19.0 Å². The van der Waals surface area contributed by atoms with E-state index in [1.54, 1.807) is 51.2 Å². The predicted molar refractivity (Wildman–Crippen MR) is 101 cm³/mol. The van der Waals surface area contributed by atoms with Gasteiger partial charge in [0.05, 0.1) is 17.7 Å². The number of fused-ring (bicyclic) bond motifs is 1. The van der Waals surface area contributed by atoms with Crippen molar-refractivity contribution in [3.05, 3.63) is 36.0 Å². The largest absolute Gasteiger partial charge is 0.494 e. The van der Waals surface area contributed by atoms with Crippen LogP contribution < -0.4 is 10.1 Å². The third-order valence-corrected chi connectivity index (χ3v) is 3.58. The van der Waals surface area contributed by atoms with Gasteiger partial charge in [-0.1, -0.05) is 0 Å². The first kappa shape index (κ1) is 20.0. The van der Waals surface area contributed by atoms with Crippen molar-refractivity contribution in [2.24, 2.45) is 0 Å². The second-order valence-corrected chi connectivity index (χ2v) is 7.08. The fourth-order valence-electron chi connectivity index (χ4n) is 2.28. The molecule has 2 rings (SSSR count). The van der Waals surface area contributed by atoms with E-state index in [0.29, 0.717) is 34.7 Å². The number of pyridine rings is 1. The van der Waals surface area contributed by atoms with E-state index in [1.807, 2.05) is 0 Å². The number of aromatic nitrogens is 1. The number of halogens is 1. The maximum Gasteiger partial charge on any atom is 0.325 e. The van der Waals surface area contributed by atoms with Crippen molar-refractivity contribution in [1.29, 1.82) is 0 Å². The highest BCUT2D eigenvalue weighted by atomic mass is 35.5. The van der Waals surface area contributed by atoms with Gasteiger partial charge >= 0.3 is 5.97 Å². The number of hydrogen-bond acceptors (Lipinski definition) is 5. The topological polar surface area (TPSA) is 77.5 Å². The number of ether oxygens (including phenoxy) is 2. The van der Waals surface area contributed by atoms with Crippen LogP contribution in [0.3, 0.4) is 0 Å². The smallest absolute Gasteiger partial charge is 0.325 e. The molecule has 0 fully saturated rings. The van der Waals surface area contributed by atoms with Gasteiger partial charge in [-0.15, -0.1) is 11.6 Å². The molecule has 2 aromatic rings. The van der Waals surface area contributed by atoms with Crippen LogP contribution in [0.25, 0.3) is 10.9 Å². The van der Waals surface area contributed by atoms with Crippen LogP contribution in [-0.2, 0) is 9.53 Å². The molecule has 0 aliphatic rings. The molecule has 1 aromatic carbocycles. The molecule has 1 N–H and O–H groups in total. The molecule has 26 heavy (non-hydrogen) atoms. The number of esters is 1. The van der Waals surface area contributed by atoms with Gasteiger partial charge in [0, 0.05) is 17.5 Å². The number of alkyl halides is 1. The predicted octanol–water partition coefficient (Wildman–Crippen LogP) is 3.31. The number of carbonyl (C=O) groups is 2. The summed E-state index contributed by atoms with van der Waals surface area (Å²) in [7, 11) is 0. The first-order chi connectivity index (χ1) is 12.3. The molecule has 1 amide bonds. The molecule has 140 valence electrons. The highest BCUT2D eigenvalue weighted by Gasteiger charge is 2.18. The molecule has 0 atom stereocenters. The summed E-state index contributed by atoms with van der Waals surface area (Å²) in [6, 6.07) is 6.95. The minimum absolute atomic E-state index is 0.203. The lowest BCUT2D eigenvalue weighted by Crippen LogP contribution is -2.34. The van der Waals surface area contributed by atoms with Gasteiger partial charge in [-0.25, -0.2) is 0 Å². The third kappa shape index (κ3) is 5.88. The molecule has 0 saturated carbocycles. The summed E-state index contributed by atoms with van der Waals surface area (Å²) in [5.74, 6) is 0.292. The van der Waals surface area contributed by atoms with Crippen LogP contribution >= 0.6 is 11.6 Å². The first-order valence-electron chi connectivity index (χ1n) is 8.38. The minimum Gasteiger partial charge on any atom is -0.494 e. The van der Waals surface area contributed by atoms with Crippen LogP contribution in [0.5, 0.6) is 5.75 Å².